The molecule has 106 valence electrons. The first-order valence-corrected chi connectivity index (χ1v) is 8.02. The minimum Gasteiger partial charge on any atom is -0.338 e. The molecular formula is C13H17N5OS. The Morgan fingerprint density at radius 3 is 2.65 bits per heavy atom. The molecule has 2 aromatic rings. The number of thioether (sulfide) groups is 1. The fourth-order valence-electron chi connectivity index (χ4n) is 2.35. The number of hydrogen-bond acceptors (Lipinski definition) is 6. The normalized spacial score (nSPS) is 20.3. The van der Waals surface area contributed by atoms with Gasteiger partial charge in [0.1, 0.15) is 5.82 Å². The maximum absolute atomic E-state index is 5.24. The molecule has 4 rings (SSSR count). The van der Waals surface area contributed by atoms with Crippen LogP contribution in [0.2, 0.25) is 0 Å². The predicted molar refractivity (Wildman–Crippen MR) is 73.6 cm³/mol. The lowest BCUT2D eigenvalue weighted by molar-refractivity contribution is 0.376. The smallest absolute Gasteiger partial charge is 0.239 e. The van der Waals surface area contributed by atoms with E-state index < -0.39 is 0 Å². The first-order chi connectivity index (χ1) is 9.72. The van der Waals surface area contributed by atoms with Crippen molar-refractivity contribution in [3.8, 4) is 0 Å². The average molecular weight is 291 g/mol. The lowest BCUT2D eigenvalue weighted by Gasteiger charge is -2.10. The van der Waals surface area contributed by atoms with Crippen molar-refractivity contribution in [2.45, 2.75) is 61.9 Å². The van der Waals surface area contributed by atoms with Gasteiger partial charge in [0.15, 0.2) is 11.0 Å². The van der Waals surface area contributed by atoms with Gasteiger partial charge >= 0.3 is 0 Å². The predicted octanol–water partition coefficient (Wildman–Crippen LogP) is 3.04. The molecule has 0 radical (unpaired) electrons. The van der Waals surface area contributed by atoms with Crippen molar-refractivity contribution in [1.29, 1.82) is 0 Å². The summed E-state index contributed by atoms with van der Waals surface area (Å²) in [4.78, 5) is 4.30. The zero-order chi connectivity index (χ0) is 13.7. The number of nitrogens with zero attached hydrogens (tertiary/aromatic N) is 5. The first kappa shape index (κ1) is 12.4. The number of rotatable bonds is 5. The van der Waals surface area contributed by atoms with E-state index in [9.17, 15) is 0 Å². The molecule has 2 aromatic heterocycles. The fraction of sp³-hybridized carbons (Fsp3) is 0.692. The molecule has 2 heterocycles. The third-order valence-corrected chi connectivity index (χ3v) is 4.76. The zero-order valence-electron chi connectivity index (χ0n) is 11.6. The molecule has 0 saturated heterocycles. The Morgan fingerprint density at radius 2 is 2.05 bits per heavy atom. The molecule has 0 N–H and O–H groups in total. The van der Waals surface area contributed by atoms with Crippen LogP contribution < -0.4 is 0 Å². The van der Waals surface area contributed by atoms with Crippen LogP contribution in [0.25, 0.3) is 0 Å². The van der Waals surface area contributed by atoms with E-state index >= 15 is 0 Å². The molecule has 7 heteroatoms. The molecule has 6 nitrogen and oxygen atoms in total. The van der Waals surface area contributed by atoms with Crippen LogP contribution in [-0.2, 0) is 0 Å². The number of hydrogen-bond donors (Lipinski definition) is 0. The molecule has 1 unspecified atom stereocenters. The summed E-state index contributed by atoms with van der Waals surface area (Å²) >= 11 is 1.66. The Kier molecular flexibility index (Phi) is 2.83. The summed E-state index contributed by atoms with van der Waals surface area (Å²) in [6, 6.07) is 0.611. The molecule has 2 aliphatic carbocycles. The van der Waals surface area contributed by atoms with Crippen molar-refractivity contribution in [1.82, 2.24) is 24.9 Å². The Labute approximate surface area is 121 Å². The third-order valence-electron chi connectivity index (χ3n) is 3.72. The monoisotopic (exact) mass is 291 g/mol. The van der Waals surface area contributed by atoms with Crippen molar-refractivity contribution >= 4 is 11.8 Å². The van der Waals surface area contributed by atoms with E-state index in [1.807, 2.05) is 6.92 Å². The summed E-state index contributed by atoms with van der Waals surface area (Å²) < 4.78 is 7.59. The summed E-state index contributed by atoms with van der Waals surface area (Å²) in [5.74, 6) is 3.16. The van der Waals surface area contributed by atoms with Crippen molar-refractivity contribution in [2.75, 3.05) is 0 Å². The number of aromatic nitrogens is 5. The van der Waals surface area contributed by atoms with Gasteiger partial charge in [-0.25, -0.2) is 0 Å². The quantitative estimate of drug-likeness (QED) is 0.789. The van der Waals surface area contributed by atoms with Crippen LogP contribution in [0.4, 0.5) is 0 Å². The Morgan fingerprint density at radius 1 is 1.25 bits per heavy atom. The van der Waals surface area contributed by atoms with Gasteiger partial charge < -0.3 is 9.09 Å². The molecule has 2 fully saturated rings. The highest BCUT2D eigenvalue weighted by molar-refractivity contribution is 7.99. The molecule has 1 atom stereocenters. The Balaban J connectivity index is 1.59. The highest BCUT2D eigenvalue weighted by Gasteiger charge is 2.37. The largest absolute Gasteiger partial charge is 0.338 e. The molecule has 0 amide bonds. The van der Waals surface area contributed by atoms with E-state index in [0.29, 0.717) is 23.7 Å². The summed E-state index contributed by atoms with van der Waals surface area (Å²) in [5, 5.41) is 13.8. The second-order valence-electron chi connectivity index (χ2n) is 5.66. The van der Waals surface area contributed by atoms with E-state index in [4.69, 9.17) is 4.52 Å². The molecule has 0 aliphatic heterocycles. The lowest BCUT2D eigenvalue weighted by Crippen LogP contribution is -2.02. The molecule has 2 saturated carbocycles. The third kappa shape index (κ3) is 2.24. The van der Waals surface area contributed by atoms with Crippen molar-refractivity contribution in [2.24, 2.45) is 0 Å². The molecule has 0 bridgehead atoms. The average Bonchev–Trinajstić information content (AvgIpc) is 3.35. The van der Waals surface area contributed by atoms with Gasteiger partial charge in [-0.2, -0.15) is 4.98 Å². The summed E-state index contributed by atoms with van der Waals surface area (Å²) in [6.45, 7) is 3.91. The number of aryl methyl sites for hydroxylation is 1. The maximum Gasteiger partial charge on any atom is 0.239 e. The van der Waals surface area contributed by atoms with Crippen LogP contribution in [-0.4, -0.2) is 24.9 Å². The lowest BCUT2D eigenvalue weighted by atomic mass is 10.4. The summed E-state index contributed by atoms with van der Waals surface area (Å²) in [6.07, 6.45) is 5.01. The molecule has 0 aromatic carbocycles. The molecule has 0 spiro atoms. The van der Waals surface area contributed by atoms with E-state index in [1.165, 1.54) is 31.5 Å². The molecular weight excluding hydrogens is 274 g/mol. The van der Waals surface area contributed by atoms with Crippen LogP contribution in [0.15, 0.2) is 9.68 Å². The van der Waals surface area contributed by atoms with Gasteiger partial charge in [0, 0.05) is 12.0 Å². The topological polar surface area (TPSA) is 69.6 Å². The highest BCUT2D eigenvalue weighted by Crippen LogP contribution is 2.47. The van der Waals surface area contributed by atoms with Crippen LogP contribution in [0.1, 0.15) is 67.4 Å². The van der Waals surface area contributed by atoms with Gasteiger partial charge in [0.05, 0.1) is 5.25 Å². The van der Waals surface area contributed by atoms with E-state index in [-0.39, 0.29) is 5.25 Å². The minimum absolute atomic E-state index is 0.102. The van der Waals surface area contributed by atoms with Crippen molar-refractivity contribution < 1.29 is 4.52 Å². The van der Waals surface area contributed by atoms with E-state index in [2.05, 4.69) is 31.8 Å². The Bertz CT molecular complexity index is 628. The maximum atomic E-state index is 5.24. The van der Waals surface area contributed by atoms with Crippen molar-refractivity contribution in [3.63, 3.8) is 0 Å². The van der Waals surface area contributed by atoms with Gasteiger partial charge in [0.2, 0.25) is 5.89 Å². The SMILES string of the molecule is Cc1noc(C(C)Sc2nnc(C3CC3)n2C2CC2)n1. The fourth-order valence-corrected chi connectivity index (χ4v) is 3.31. The van der Waals surface area contributed by atoms with Crippen LogP contribution >= 0.6 is 11.8 Å². The molecule has 20 heavy (non-hydrogen) atoms. The van der Waals surface area contributed by atoms with Crippen molar-refractivity contribution in [3.05, 3.63) is 17.5 Å². The van der Waals surface area contributed by atoms with Gasteiger partial charge in [-0.1, -0.05) is 16.9 Å². The molecule has 2 aliphatic rings. The highest BCUT2D eigenvalue weighted by atomic mass is 32.2. The minimum atomic E-state index is 0.102. The van der Waals surface area contributed by atoms with Gasteiger partial charge in [-0.15, -0.1) is 10.2 Å². The Hall–Kier alpha value is -1.37. The van der Waals surface area contributed by atoms with Gasteiger partial charge in [-0.3, -0.25) is 0 Å². The van der Waals surface area contributed by atoms with E-state index in [0.717, 1.165) is 5.16 Å². The first-order valence-electron chi connectivity index (χ1n) is 7.14. The van der Waals surface area contributed by atoms with Crippen LogP contribution in [0.5, 0.6) is 0 Å². The van der Waals surface area contributed by atoms with Gasteiger partial charge in [-0.05, 0) is 39.5 Å². The van der Waals surface area contributed by atoms with E-state index in [1.54, 1.807) is 11.8 Å². The van der Waals surface area contributed by atoms with Crippen LogP contribution in [0, 0.1) is 6.92 Å². The zero-order valence-corrected chi connectivity index (χ0v) is 12.4. The second kappa shape index (κ2) is 4.58. The standard InChI is InChI=1S/C13H17N5OS/c1-7(12-14-8(2)17-19-12)20-13-16-15-11(9-3-4-9)18(13)10-5-6-10/h7,9-10H,3-6H2,1-2H3. The second-order valence-corrected chi connectivity index (χ2v) is 6.96. The van der Waals surface area contributed by atoms with Crippen LogP contribution in [0.3, 0.4) is 0 Å². The van der Waals surface area contributed by atoms with Gasteiger partial charge in [0.25, 0.3) is 0 Å². The summed E-state index contributed by atoms with van der Waals surface area (Å²) in [7, 11) is 0. The summed E-state index contributed by atoms with van der Waals surface area (Å²) in [5.41, 5.74) is 0.